The molecule has 3 N–H and O–H groups in total. The number of halogens is 2. The highest BCUT2D eigenvalue weighted by molar-refractivity contribution is 6.36. The number of amides is 4. The fourth-order valence-corrected chi connectivity index (χ4v) is 9.32. The number of hydrazine groups is 1. The number of ether oxygens (including phenoxy) is 1. The molecule has 6 unspecified atom stereocenters. The smallest absolute Gasteiger partial charge is 0.305 e. The fraction of sp³-hybridized carbons (Fsp3) is 0.342. The molecule has 2 aliphatic carbocycles. The predicted octanol–water partition coefficient (Wildman–Crippen LogP) is 5.78. The maximum Gasteiger partial charge on any atom is 0.305 e. The second-order valence-electron chi connectivity index (χ2n) is 13.7. The lowest BCUT2D eigenvalue weighted by Crippen LogP contribution is -2.53. The molecule has 7 rings (SSSR count). The van der Waals surface area contributed by atoms with Gasteiger partial charge in [-0.25, -0.2) is 0 Å². The maximum absolute atomic E-state index is 15.3. The minimum absolute atomic E-state index is 0.0640. The number of anilines is 1. The van der Waals surface area contributed by atoms with Crippen molar-refractivity contribution < 1.29 is 38.9 Å². The van der Waals surface area contributed by atoms with Crippen LogP contribution in [0.15, 0.2) is 66.2 Å². The summed E-state index contributed by atoms with van der Waals surface area (Å²) >= 11 is 12.7. The van der Waals surface area contributed by atoms with Crippen LogP contribution in [0.25, 0.3) is 0 Å². The number of carboxylic acids is 1. The number of aliphatic carboxylic acids is 1. The molecule has 4 aliphatic rings. The molecule has 2 aliphatic heterocycles. The van der Waals surface area contributed by atoms with Crippen molar-refractivity contribution in [1.29, 1.82) is 0 Å². The number of nitrogens with zero attached hydrogens (tertiary/aromatic N) is 2. The lowest BCUT2D eigenvalue weighted by atomic mass is 9.49. The number of carboxylic acid groups (broad SMARTS) is 1. The van der Waals surface area contributed by atoms with Gasteiger partial charge < -0.3 is 14.9 Å². The van der Waals surface area contributed by atoms with Crippen LogP contribution in [0.2, 0.25) is 10.0 Å². The van der Waals surface area contributed by atoms with Crippen LogP contribution >= 0.6 is 23.2 Å². The van der Waals surface area contributed by atoms with Gasteiger partial charge in [-0.1, -0.05) is 59.1 Å². The van der Waals surface area contributed by atoms with E-state index in [2.05, 4.69) is 5.43 Å². The van der Waals surface area contributed by atoms with Crippen molar-refractivity contribution in [3.63, 3.8) is 0 Å². The number of aromatic hydroxyl groups is 1. The molecule has 11 nitrogen and oxygen atoms in total. The second-order valence-corrected chi connectivity index (χ2v) is 14.5. The summed E-state index contributed by atoms with van der Waals surface area (Å²) in [6.07, 6.45) is 1.80. The van der Waals surface area contributed by atoms with Gasteiger partial charge in [0.2, 0.25) is 11.8 Å². The Balaban J connectivity index is 1.45. The molecule has 51 heavy (non-hydrogen) atoms. The standard InChI is InChI=1S/C38H35Cl2N3O8/c1-18-14-20(15-19(2)33(18)46)32-24-9-10-25-31(36(49)42(34(25)47)13-12-30(44)45)26(24)17-27-35(48)43(41-29-11-6-22(39)16-28(29)40)37(50)38(27,32)21-4-7-23(51-3)8-5-21/h4-9,11,14-16,25-27,31-32,41,46H,10,12-13,17H2,1-3H3,(H,44,45). The molecule has 2 saturated heterocycles. The highest BCUT2D eigenvalue weighted by atomic mass is 35.5. The number of imide groups is 2. The van der Waals surface area contributed by atoms with Crippen molar-refractivity contribution in [3.8, 4) is 11.5 Å². The average molecular weight is 733 g/mol. The quantitative estimate of drug-likeness (QED) is 0.193. The molecular formula is C38H35Cl2N3O8. The van der Waals surface area contributed by atoms with Crippen molar-refractivity contribution in [2.75, 3.05) is 19.1 Å². The third kappa shape index (κ3) is 5.28. The summed E-state index contributed by atoms with van der Waals surface area (Å²) in [6, 6.07) is 15.2. The van der Waals surface area contributed by atoms with Crippen LogP contribution in [0.1, 0.15) is 47.4 Å². The number of fused-ring (bicyclic) bond motifs is 4. The van der Waals surface area contributed by atoms with Gasteiger partial charge in [0.05, 0.1) is 47.4 Å². The Morgan fingerprint density at radius 3 is 2.27 bits per heavy atom. The van der Waals surface area contributed by atoms with E-state index in [0.717, 1.165) is 15.5 Å². The largest absolute Gasteiger partial charge is 0.507 e. The van der Waals surface area contributed by atoms with Crippen LogP contribution in [0.4, 0.5) is 5.69 Å². The molecule has 3 aromatic rings. The maximum atomic E-state index is 15.3. The van der Waals surface area contributed by atoms with E-state index >= 15 is 4.79 Å². The zero-order chi connectivity index (χ0) is 36.5. The number of phenols is 1. The highest BCUT2D eigenvalue weighted by Gasteiger charge is 2.70. The lowest BCUT2D eigenvalue weighted by Gasteiger charge is -2.50. The second kappa shape index (κ2) is 12.7. The molecule has 264 valence electrons. The Kier molecular flexibility index (Phi) is 8.62. The molecule has 0 aromatic heterocycles. The number of aryl methyl sites for hydroxylation is 2. The molecule has 2 heterocycles. The molecule has 6 atom stereocenters. The predicted molar refractivity (Wildman–Crippen MR) is 187 cm³/mol. The van der Waals surface area contributed by atoms with Crippen molar-refractivity contribution in [2.45, 2.75) is 44.4 Å². The van der Waals surface area contributed by atoms with E-state index in [1.54, 1.807) is 62.4 Å². The molecule has 0 spiro atoms. The summed E-state index contributed by atoms with van der Waals surface area (Å²) in [5.41, 5.74) is 4.77. The fourth-order valence-electron chi connectivity index (χ4n) is 8.87. The number of allylic oxidation sites excluding steroid dienone is 2. The molecule has 13 heteroatoms. The third-order valence-corrected chi connectivity index (χ3v) is 11.6. The van der Waals surface area contributed by atoms with Gasteiger partial charge in [-0.3, -0.25) is 34.3 Å². The van der Waals surface area contributed by atoms with Gasteiger partial charge in [-0.05, 0) is 85.2 Å². The zero-order valence-corrected chi connectivity index (χ0v) is 29.5. The Morgan fingerprint density at radius 1 is 0.961 bits per heavy atom. The topological polar surface area (TPSA) is 154 Å². The summed E-state index contributed by atoms with van der Waals surface area (Å²) in [5, 5.41) is 21.7. The highest BCUT2D eigenvalue weighted by Crippen LogP contribution is 2.64. The van der Waals surface area contributed by atoms with Gasteiger partial charge in [0.25, 0.3) is 11.8 Å². The van der Waals surface area contributed by atoms with Crippen LogP contribution in [-0.4, -0.2) is 63.4 Å². The normalized spacial score (nSPS) is 26.8. The first-order chi connectivity index (χ1) is 24.3. The number of phenolic OH excluding ortho intramolecular Hbond substituents is 1. The number of hydrogen-bond donors (Lipinski definition) is 3. The van der Waals surface area contributed by atoms with E-state index in [0.29, 0.717) is 33.0 Å². The van der Waals surface area contributed by atoms with Crippen LogP contribution in [0.5, 0.6) is 11.5 Å². The van der Waals surface area contributed by atoms with Crippen molar-refractivity contribution in [1.82, 2.24) is 9.91 Å². The van der Waals surface area contributed by atoms with Crippen molar-refractivity contribution >= 4 is 58.5 Å². The Bertz CT molecular complexity index is 2030. The molecular weight excluding hydrogens is 697 g/mol. The first kappa shape index (κ1) is 34.6. The van der Waals surface area contributed by atoms with E-state index < -0.39 is 64.6 Å². The number of likely N-dealkylation sites (tertiary alicyclic amines) is 1. The molecule has 3 fully saturated rings. The van der Waals surface area contributed by atoms with E-state index in [1.807, 2.05) is 6.08 Å². The monoisotopic (exact) mass is 731 g/mol. The lowest BCUT2D eigenvalue weighted by molar-refractivity contribution is -0.143. The Labute approximate surface area is 303 Å². The molecule has 3 aromatic carbocycles. The summed E-state index contributed by atoms with van der Waals surface area (Å²) in [4.78, 5) is 70.3. The number of hydrogen-bond acceptors (Lipinski definition) is 8. The SMILES string of the molecule is COc1ccc(C23C(=O)N(Nc4ccc(Cl)cc4Cl)C(=O)C2CC2C(=CCC4C(=O)N(CCC(=O)O)C(=O)C42)C3c2cc(C)c(O)c(C)c2)cc1. The average Bonchev–Trinajstić information content (AvgIpc) is 3.47. The Morgan fingerprint density at radius 2 is 1.65 bits per heavy atom. The van der Waals surface area contributed by atoms with Gasteiger partial charge in [-0.15, -0.1) is 0 Å². The summed E-state index contributed by atoms with van der Waals surface area (Å²) in [5.74, 6) is -6.52. The van der Waals surface area contributed by atoms with Crippen LogP contribution in [0.3, 0.4) is 0 Å². The van der Waals surface area contributed by atoms with Crippen molar-refractivity contribution in [2.24, 2.45) is 23.7 Å². The third-order valence-electron chi connectivity index (χ3n) is 11.1. The minimum Gasteiger partial charge on any atom is -0.507 e. The number of carbonyl (C=O) groups is 5. The van der Waals surface area contributed by atoms with Gasteiger partial charge in [0, 0.05) is 17.5 Å². The van der Waals surface area contributed by atoms with Gasteiger partial charge in [-0.2, -0.15) is 5.01 Å². The van der Waals surface area contributed by atoms with Crippen LogP contribution < -0.4 is 10.2 Å². The first-order valence-electron chi connectivity index (χ1n) is 16.6. The van der Waals surface area contributed by atoms with E-state index in [4.69, 9.17) is 27.9 Å². The van der Waals surface area contributed by atoms with Gasteiger partial charge in [0.1, 0.15) is 11.5 Å². The number of carbonyl (C=O) groups excluding carboxylic acids is 4. The minimum atomic E-state index is -1.55. The molecule has 0 bridgehead atoms. The van der Waals surface area contributed by atoms with Crippen LogP contribution in [-0.2, 0) is 29.4 Å². The number of nitrogens with one attached hydrogen (secondary N) is 1. The van der Waals surface area contributed by atoms with Crippen LogP contribution in [0, 0.1) is 37.5 Å². The van der Waals surface area contributed by atoms with E-state index in [1.165, 1.54) is 13.2 Å². The number of rotatable bonds is 8. The van der Waals surface area contributed by atoms with Gasteiger partial charge in [0.15, 0.2) is 0 Å². The molecule has 4 amide bonds. The summed E-state index contributed by atoms with van der Waals surface area (Å²) < 4.78 is 5.44. The van der Waals surface area contributed by atoms with E-state index in [9.17, 15) is 29.4 Å². The zero-order valence-electron chi connectivity index (χ0n) is 28.0. The van der Waals surface area contributed by atoms with Crippen molar-refractivity contribution in [3.05, 3.63) is 98.5 Å². The molecule has 1 saturated carbocycles. The first-order valence-corrected chi connectivity index (χ1v) is 17.4. The Hall–Kier alpha value is -4.87. The molecule has 0 radical (unpaired) electrons. The summed E-state index contributed by atoms with van der Waals surface area (Å²) in [7, 11) is 1.53. The van der Waals surface area contributed by atoms with E-state index in [-0.39, 0.29) is 42.3 Å². The number of benzene rings is 3. The number of methoxy groups -OCH3 is 1. The van der Waals surface area contributed by atoms with Gasteiger partial charge >= 0.3 is 5.97 Å². The summed E-state index contributed by atoms with van der Waals surface area (Å²) in [6.45, 7) is 3.26.